The fourth-order valence-corrected chi connectivity index (χ4v) is 13.6. The number of hydrogen-bond donors (Lipinski definition) is 15. The summed E-state index contributed by atoms with van der Waals surface area (Å²) in [5.41, 5.74) is 9.04. The molecule has 3 unspecified atom stereocenters. The van der Waals surface area contributed by atoms with E-state index in [1.807, 2.05) is 11.8 Å². The van der Waals surface area contributed by atoms with Crippen molar-refractivity contribution in [3.05, 3.63) is 18.7 Å². The average Bonchev–Trinajstić information content (AvgIpc) is 4.26. The quantitative estimate of drug-likeness (QED) is 0.0131. The van der Waals surface area contributed by atoms with Gasteiger partial charge in [0.2, 0.25) is 29.5 Å². The van der Waals surface area contributed by atoms with Crippen LogP contribution in [0.2, 0.25) is 0 Å². The Balaban J connectivity index is 0.814. The first-order valence-electron chi connectivity index (χ1n) is 24.5. The largest absolute Gasteiger partial charge is 0.494 e. The van der Waals surface area contributed by atoms with Gasteiger partial charge in [0.05, 0.1) is 36.5 Å². The third-order valence-corrected chi connectivity index (χ3v) is 18.1. The minimum atomic E-state index is -5.62. The molecule has 10 atom stereocenters. The maximum atomic E-state index is 12.8. The lowest BCUT2D eigenvalue weighted by atomic mass is 9.87. The third-order valence-electron chi connectivity index (χ3n) is 12.5. The van der Waals surface area contributed by atoms with Gasteiger partial charge in [0, 0.05) is 67.1 Å². The minimum Gasteiger partial charge on any atom is -0.494 e. The highest BCUT2D eigenvalue weighted by Gasteiger charge is 2.50. The molecule has 6 amide bonds. The van der Waals surface area contributed by atoms with Crippen LogP contribution in [0.25, 0.3) is 11.2 Å². The first kappa shape index (κ1) is 63.5. The summed E-state index contributed by atoms with van der Waals surface area (Å²) < 4.78 is 63.9. The average molecular weight is 1220 g/mol. The Bertz CT molecular complexity index is 2790. The number of anilines is 1. The van der Waals surface area contributed by atoms with E-state index in [9.17, 15) is 77.7 Å². The van der Waals surface area contributed by atoms with E-state index in [2.05, 4.69) is 55.9 Å². The zero-order chi connectivity index (χ0) is 57.9. The minimum absolute atomic E-state index is 0.0146. The molecule has 0 bridgehead atoms. The number of amides is 6. The Morgan fingerprint density at radius 3 is 2.34 bits per heavy atom. The van der Waals surface area contributed by atoms with Gasteiger partial charge in [-0.05, 0) is 25.7 Å². The van der Waals surface area contributed by atoms with Crippen molar-refractivity contribution in [2.45, 2.75) is 131 Å². The van der Waals surface area contributed by atoms with Gasteiger partial charge in [0.15, 0.2) is 23.6 Å². The number of phosphoric ester groups is 3. The summed E-state index contributed by atoms with van der Waals surface area (Å²) in [5.74, 6) is -1.45. The lowest BCUT2D eigenvalue weighted by Crippen LogP contribution is -2.46. The molecule has 3 aliphatic heterocycles. The number of imidazole rings is 1. The Morgan fingerprint density at radius 2 is 1.63 bits per heavy atom. The van der Waals surface area contributed by atoms with Crippen LogP contribution in [-0.4, -0.2) is 173 Å². The molecule has 0 aliphatic carbocycles. The van der Waals surface area contributed by atoms with Gasteiger partial charge in [-0.25, -0.2) is 33.4 Å². The Kier molecular flexibility index (Phi) is 22.4. The number of nitrogens with two attached hydrogens (primary N) is 1. The van der Waals surface area contributed by atoms with Gasteiger partial charge >= 0.3 is 29.5 Å². The molecular weight excluding hydrogens is 1150 g/mol. The summed E-state index contributed by atoms with van der Waals surface area (Å²) >= 11 is 2.96. The van der Waals surface area contributed by atoms with Crippen LogP contribution in [0.4, 0.5) is 10.6 Å². The van der Waals surface area contributed by atoms with E-state index in [-0.39, 0.29) is 103 Å². The number of aliphatic hydroxyl groups excluding tert-OH is 2. The summed E-state index contributed by atoms with van der Waals surface area (Å²) in [6, 6.07) is 1.49. The van der Waals surface area contributed by atoms with Gasteiger partial charge in [-0.2, -0.15) is 16.1 Å². The number of aliphatic hydroxyl groups is 2. The third kappa shape index (κ3) is 18.4. The molecule has 38 heteroatoms. The van der Waals surface area contributed by atoms with Crippen LogP contribution in [0.3, 0.4) is 0 Å². The monoisotopic (exact) mass is 1220 g/mol. The van der Waals surface area contributed by atoms with E-state index < -0.39 is 84.6 Å². The van der Waals surface area contributed by atoms with Gasteiger partial charge < -0.3 is 71.7 Å². The predicted octanol–water partition coefficient (Wildman–Crippen LogP) is -0.156. The van der Waals surface area contributed by atoms with Gasteiger partial charge in [-0.1, -0.05) is 26.7 Å². The number of nitrogens with one attached hydrogen (secondary N) is 6. The molecule has 0 aromatic carbocycles. The van der Waals surface area contributed by atoms with Crippen LogP contribution in [-0.2, 0) is 62.0 Å². The number of urea groups is 1. The fraction of sp³-hybridized carbons (Fsp3) is 0.659. The summed E-state index contributed by atoms with van der Waals surface area (Å²) in [6.45, 7) is 0.489. The molecule has 442 valence electrons. The van der Waals surface area contributed by atoms with Crippen molar-refractivity contribution in [2.75, 3.05) is 43.5 Å². The fourth-order valence-electron chi connectivity index (χ4n) is 8.39. The van der Waals surface area contributed by atoms with Crippen LogP contribution in [0.15, 0.2) is 23.6 Å². The highest BCUT2D eigenvalue weighted by Crippen LogP contribution is 2.61. The van der Waals surface area contributed by atoms with E-state index in [1.54, 1.807) is 0 Å². The van der Waals surface area contributed by atoms with Crippen molar-refractivity contribution in [2.24, 2.45) is 5.41 Å². The Labute approximate surface area is 459 Å². The van der Waals surface area contributed by atoms with Gasteiger partial charge in [-0.15, -0.1) is 11.8 Å². The summed E-state index contributed by atoms with van der Waals surface area (Å²) in [5, 5.41) is 53.9. The molecule has 3 fully saturated rings. The van der Waals surface area contributed by atoms with Crippen molar-refractivity contribution in [3.8, 4) is 11.8 Å². The van der Waals surface area contributed by atoms with Crippen molar-refractivity contribution in [1.29, 1.82) is 0 Å². The molecule has 6 heterocycles. The molecule has 33 nitrogen and oxygen atoms in total. The number of fused-ring (bicyclic) bond motifs is 2. The first-order valence-corrected chi connectivity index (χ1v) is 31.1. The zero-order valence-electron chi connectivity index (χ0n) is 42.5. The van der Waals surface area contributed by atoms with E-state index in [0.717, 1.165) is 47.6 Å². The molecule has 79 heavy (non-hydrogen) atoms. The lowest BCUT2D eigenvalue weighted by Gasteiger charge is -2.30. The highest BCUT2D eigenvalue weighted by atomic mass is 32.2. The molecule has 3 aliphatic rings. The van der Waals surface area contributed by atoms with Gasteiger partial charge in [0.25, 0.3) is 0 Å². The highest BCUT2D eigenvalue weighted by molar-refractivity contribution is 8.00. The first-order chi connectivity index (χ1) is 37.1. The second kappa shape index (κ2) is 27.9. The van der Waals surface area contributed by atoms with Crippen LogP contribution >= 0.6 is 47.0 Å². The number of unbranched alkanes of at least 4 members (excludes halogenated alkanes) is 3. The number of thioether (sulfide) groups is 2. The number of rotatable bonds is 31. The van der Waals surface area contributed by atoms with E-state index >= 15 is 0 Å². The van der Waals surface area contributed by atoms with Gasteiger partial charge in [-0.3, -0.25) is 52.7 Å². The number of hydrazine groups is 1. The van der Waals surface area contributed by atoms with Crippen LogP contribution in [0, 0.1) is 5.41 Å². The number of aromatic hydroxyl groups is 2. The maximum absolute atomic E-state index is 12.8. The maximum Gasteiger partial charge on any atom is 0.481 e. The number of phosphoric acid groups is 3. The molecule has 0 saturated carbocycles. The number of ether oxygens (including phenoxy) is 1. The van der Waals surface area contributed by atoms with Crippen molar-refractivity contribution >= 4 is 93.6 Å². The van der Waals surface area contributed by atoms with Crippen LogP contribution in [0.1, 0.15) is 77.9 Å². The number of carbonyl (C=O) groups is 5. The van der Waals surface area contributed by atoms with E-state index in [1.165, 1.54) is 24.5 Å². The normalized spacial score (nSPS) is 23.0. The Hall–Kier alpha value is -4.67. The number of nitrogens with zero attached hydrogens (tertiary/aromatic N) is 5. The smallest absolute Gasteiger partial charge is 0.481 e. The summed E-state index contributed by atoms with van der Waals surface area (Å²) in [4.78, 5) is 113. The molecule has 3 aromatic rings. The molecule has 3 aromatic heterocycles. The molecule has 6 rings (SSSR count). The summed E-state index contributed by atoms with van der Waals surface area (Å²) in [6.07, 6.45) is -2.84. The van der Waals surface area contributed by atoms with E-state index in [4.69, 9.17) is 19.5 Å². The van der Waals surface area contributed by atoms with Crippen molar-refractivity contribution in [3.63, 3.8) is 0 Å². The SMILES string of the molecule is CC(C)(COP(=O)(O)OP(=O)(O)OC[C@H]1O[C@@H](n2cnc3c(N)ncnc32)[C@@H](O)C1OP(=O)(O)O)[C@@H](O)C(=O)NCCC(=O)NCCSc1cc(O)n(CCCCCC(=O)NNC(=O)CCCC[C@@H]2SC[C@@H]3NC(=O)N[C@@H]32)c1O. The number of nitrogen functional groups attached to an aromatic ring is 1. The molecule has 0 spiro atoms. The molecule has 0 radical (unpaired) electrons. The van der Waals surface area contributed by atoms with Crippen LogP contribution in [0.5, 0.6) is 11.8 Å². The van der Waals surface area contributed by atoms with E-state index in [0.29, 0.717) is 35.8 Å². The molecule has 3 saturated heterocycles. The predicted molar refractivity (Wildman–Crippen MR) is 277 cm³/mol. The second-order valence-corrected chi connectivity index (χ2v) is 25.7. The van der Waals surface area contributed by atoms with Gasteiger partial charge in [0.1, 0.15) is 36.3 Å². The number of hydrogen-bond acceptors (Lipinski definition) is 23. The van der Waals surface area contributed by atoms with Crippen LogP contribution < -0.4 is 37.9 Å². The molecule has 16 N–H and O–H groups in total. The standard InChI is InChI=1S/C41H65N12O21P3S2/c1-41(2,19-71-77(68,69)74-76(66,67)70-17-23-33(73-75(63,64)65)32(58)39(72-23)53-21-47-31-35(42)45-20-46-36(31)53)34(59)37(60)44-12-11-26(54)43-13-15-78-25-16-29(57)52(38(25)61)14-7-3-4-9-27(55)50-51-28(56)10-6-5-8-24-30-22(18-79-24)48-40(62)49-30/h16,20-24,30,32-34,39,57-59,61H,3-15,17-19H2,1-2H3,(H,43,54)(H,44,60)(H,50,55)(H,51,56)(H,66,67)(H,68,69)(H2,42,45,46)(H2,48,49,62)(H2,63,64,65)/t22-,23+,24-,30-,32-,33?,34-,39+/m0/s1. The molecular formula is C41H65N12O21P3S2. The topological polar surface area (TPSA) is 491 Å². The summed E-state index contributed by atoms with van der Waals surface area (Å²) in [7, 11) is -16.5. The number of carbonyl (C=O) groups excluding carboxylic acids is 5. The zero-order valence-corrected chi connectivity index (χ0v) is 46.8. The number of aromatic nitrogens is 5. The van der Waals surface area contributed by atoms with Crippen molar-refractivity contribution in [1.82, 2.24) is 56.2 Å². The Morgan fingerprint density at radius 1 is 0.937 bits per heavy atom. The van der Waals surface area contributed by atoms with Crippen molar-refractivity contribution < 1.29 is 100 Å². The lowest BCUT2D eigenvalue weighted by molar-refractivity contribution is -0.137. The second-order valence-electron chi connectivity index (χ2n) is 19.0.